The summed E-state index contributed by atoms with van der Waals surface area (Å²) in [5, 5.41) is 1.16. The first kappa shape index (κ1) is 16.5. The fraction of sp³-hybridized carbons (Fsp3) is 0.286. The van der Waals surface area contributed by atoms with Gasteiger partial charge in [0.05, 0.1) is 14.2 Å². The Balaban J connectivity index is 1.67. The molecule has 26 heavy (non-hydrogen) atoms. The van der Waals surface area contributed by atoms with Crippen molar-refractivity contribution in [1.29, 1.82) is 0 Å². The number of carbonyl (C=O) groups is 1. The van der Waals surface area contributed by atoms with E-state index in [9.17, 15) is 4.79 Å². The molecule has 1 aliphatic rings. The van der Waals surface area contributed by atoms with Crippen molar-refractivity contribution in [3.8, 4) is 11.5 Å². The Morgan fingerprint density at radius 3 is 2.50 bits per heavy atom. The van der Waals surface area contributed by atoms with Crippen molar-refractivity contribution in [2.75, 3.05) is 14.2 Å². The highest BCUT2D eigenvalue weighted by Crippen LogP contribution is 2.32. The number of amides is 1. The van der Waals surface area contributed by atoms with Crippen molar-refractivity contribution in [1.82, 2.24) is 9.88 Å². The van der Waals surface area contributed by atoms with Crippen LogP contribution in [0, 0.1) is 0 Å². The van der Waals surface area contributed by atoms with E-state index in [0.717, 1.165) is 29.3 Å². The minimum absolute atomic E-state index is 0.0113. The zero-order valence-electron chi connectivity index (χ0n) is 15.0. The van der Waals surface area contributed by atoms with Crippen LogP contribution in [0.25, 0.3) is 10.9 Å². The van der Waals surface area contributed by atoms with E-state index in [2.05, 4.69) is 23.2 Å². The van der Waals surface area contributed by atoms with Gasteiger partial charge in [0.15, 0.2) is 0 Å². The molecule has 1 N–H and O–H groups in total. The fourth-order valence-electron chi connectivity index (χ4n) is 3.32. The predicted octanol–water partition coefficient (Wildman–Crippen LogP) is 3.99. The Hall–Kier alpha value is -2.95. The molecule has 134 valence electrons. The van der Waals surface area contributed by atoms with Crippen LogP contribution in [0.1, 0.15) is 28.8 Å². The Labute approximate surface area is 152 Å². The Morgan fingerprint density at radius 1 is 1.12 bits per heavy atom. The lowest BCUT2D eigenvalue weighted by atomic mass is 10.1. The van der Waals surface area contributed by atoms with Gasteiger partial charge in [-0.25, -0.2) is 0 Å². The first-order chi connectivity index (χ1) is 12.7. The summed E-state index contributed by atoms with van der Waals surface area (Å²) in [6.45, 7) is 0.595. The number of carbonyl (C=O) groups excluding carboxylic acids is 1. The molecule has 0 saturated heterocycles. The van der Waals surface area contributed by atoms with Crippen molar-refractivity contribution < 1.29 is 14.3 Å². The van der Waals surface area contributed by atoms with Gasteiger partial charge in [-0.05, 0) is 42.7 Å². The molecular weight excluding hydrogens is 328 g/mol. The predicted molar refractivity (Wildman–Crippen MR) is 101 cm³/mol. The van der Waals surface area contributed by atoms with Crippen molar-refractivity contribution in [2.45, 2.75) is 25.4 Å². The molecule has 1 fully saturated rings. The second-order valence-electron chi connectivity index (χ2n) is 6.62. The Morgan fingerprint density at radius 2 is 1.85 bits per heavy atom. The monoisotopic (exact) mass is 350 g/mol. The molecule has 1 amide bonds. The highest BCUT2D eigenvalue weighted by atomic mass is 16.5. The minimum atomic E-state index is 0.0113. The highest BCUT2D eigenvalue weighted by molar-refractivity contribution is 5.96. The molecule has 3 aromatic rings. The van der Waals surface area contributed by atoms with Crippen LogP contribution < -0.4 is 9.47 Å². The van der Waals surface area contributed by atoms with Gasteiger partial charge in [0.1, 0.15) is 11.5 Å². The van der Waals surface area contributed by atoms with Gasteiger partial charge < -0.3 is 19.4 Å². The smallest absolute Gasteiger partial charge is 0.254 e. The van der Waals surface area contributed by atoms with Crippen LogP contribution in [0.5, 0.6) is 11.5 Å². The van der Waals surface area contributed by atoms with E-state index in [1.54, 1.807) is 32.4 Å². The lowest BCUT2D eigenvalue weighted by Gasteiger charge is -2.23. The molecular formula is C21H22N2O3. The van der Waals surface area contributed by atoms with Crippen molar-refractivity contribution in [3.05, 3.63) is 59.8 Å². The molecule has 0 bridgehead atoms. The quantitative estimate of drug-likeness (QED) is 0.731. The molecule has 0 atom stereocenters. The lowest BCUT2D eigenvalue weighted by Crippen LogP contribution is -2.32. The van der Waals surface area contributed by atoms with E-state index in [1.807, 2.05) is 17.2 Å². The van der Waals surface area contributed by atoms with E-state index >= 15 is 0 Å². The standard InChI is InChI=1S/C21H22N2O3/c1-25-17-10-15(11-18(12-17)26-2)21(24)23(16-6-7-16)13-14-4-3-5-20-19(14)8-9-22-20/h3-5,8-12,16,22H,6-7,13H2,1-2H3. The van der Waals surface area contributed by atoms with Gasteiger partial charge in [-0.15, -0.1) is 0 Å². The third-order valence-electron chi connectivity index (χ3n) is 4.87. The van der Waals surface area contributed by atoms with Gasteiger partial charge in [0.2, 0.25) is 0 Å². The molecule has 1 aromatic heterocycles. The second-order valence-corrected chi connectivity index (χ2v) is 6.62. The first-order valence-corrected chi connectivity index (χ1v) is 8.78. The maximum Gasteiger partial charge on any atom is 0.254 e. The summed E-state index contributed by atoms with van der Waals surface area (Å²) < 4.78 is 10.6. The number of benzene rings is 2. The molecule has 0 unspecified atom stereocenters. The number of methoxy groups -OCH3 is 2. The fourth-order valence-corrected chi connectivity index (χ4v) is 3.32. The number of H-pyrrole nitrogens is 1. The number of hydrogen-bond donors (Lipinski definition) is 1. The molecule has 0 aliphatic heterocycles. The van der Waals surface area contributed by atoms with Crippen LogP contribution in [0.2, 0.25) is 0 Å². The zero-order valence-corrected chi connectivity index (χ0v) is 15.0. The van der Waals surface area contributed by atoms with Crippen LogP contribution in [0.3, 0.4) is 0 Å². The SMILES string of the molecule is COc1cc(OC)cc(C(=O)N(Cc2cccc3[nH]ccc23)C2CC2)c1. The molecule has 0 radical (unpaired) electrons. The second kappa shape index (κ2) is 6.75. The highest BCUT2D eigenvalue weighted by Gasteiger charge is 2.33. The molecule has 5 nitrogen and oxygen atoms in total. The summed E-state index contributed by atoms with van der Waals surface area (Å²) >= 11 is 0. The normalized spacial score (nSPS) is 13.6. The number of nitrogens with zero attached hydrogens (tertiary/aromatic N) is 1. The van der Waals surface area contributed by atoms with Crippen molar-refractivity contribution in [3.63, 3.8) is 0 Å². The van der Waals surface area contributed by atoms with Gasteiger partial charge in [0.25, 0.3) is 5.91 Å². The number of aromatic nitrogens is 1. The molecule has 1 heterocycles. The topological polar surface area (TPSA) is 54.6 Å². The third-order valence-corrected chi connectivity index (χ3v) is 4.87. The van der Waals surface area contributed by atoms with E-state index in [1.165, 1.54) is 0 Å². The largest absolute Gasteiger partial charge is 0.497 e. The summed E-state index contributed by atoms with van der Waals surface area (Å²) in [5.74, 6) is 1.25. The number of hydrogen-bond acceptors (Lipinski definition) is 3. The Kier molecular flexibility index (Phi) is 4.29. The van der Waals surface area contributed by atoms with Gasteiger partial charge >= 0.3 is 0 Å². The van der Waals surface area contributed by atoms with E-state index in [4.69, 9.17) is 9.47 Å². The minimum Gasteiger partial charge on any atom is -0.497 e. The number of fused-ring (bicyclic) bond motifs is 1. The van der Waals surface area contributed by atoms with Gasteiger partial charge in [-0.2, -0.15) is 0 Å². The maximum absolute atomic E-state index is 13.2. The number of rotatable bonds is 6. The van der Waals surface area contributed by atoms with Crippen LogP contribution in [-0.2, 0) is 6.54 Å². The number of aromatic amines is 1. The summed E-state index contributed by atoms with van der Waals surface area (Å²) in [5.41, 5.74) is 2.84. The van der Waals surface area contributed by atoms with E-state index in [-0.39, 0.29) is 5.91 Å². The van der Waals surface area contributed by atoms with E-state index < -0.39 is 0 Å². The number of ether oxygens (including phenoxy) is 2. The number of nitrogens with one attached hydrogen (secondary N) is 1. The summed E-state index contributed by atoms with van der Waals surface area (Å²) in [6, 6.07) is 13.9. The first-order valence-electron chi connectivity index (χ1n) is 8.78. The maximum atomic E-state index is 13.2. The van der Waals surface area contributed by atoms with Gasteiger partial charge in [-0.1, -0.05) is 12.1 Å². The average Bonchev–Trinajstić information content (AvgIpc) is 3.40. The average molecular weight is 350 g/mol. The van der Waals surface area contributed by atoms with Crippen molar-refractivity contribution >= 4 is 16.8 Å². The van der Waals surface area contributed by atoms with Gasteiger partial charge in [-0.3, -0.25) is 4.79 Å². The van der Waals surface area contributed by atoms with Crippen molar-refractivity contribution in [2.24, 2.45) is 0 Å². The molecule has 1 saturated carbocycles. The van der Waals surface area contributed by atoms with Crippen LogP contribution in [0.4, 0.5) is 0 Å². The van der Waals surface area contributed by atoms with Crippen LogP contribution >= 0.6 is 0 Å². The lowest BCUT2D eigenvalue weighted by molar-refractivity contribution is 0.0730. The molecule has 4 rings (SSSR count). The molecule has 5 heteroatoms. The summed E-state index contributed by atoms with van der Waals surface area (Å²) in [6.07, 6.45) is 4.04. The Bertz CT molecular complexity index is 921. The summed E-state index contributed by atoms with van der Waals surface area (Å²) in [7, 11) is 3.18. The zero-order chi connectivity index (χ0) is 18.1. The van der Waals surface area contributed by atoms with Crippen LogP contribution in [-0.4, -0.2) is 36.1 Å². The molecule has 1 aliphatic carbocycles. The third kappa shape index (κ3) is 3.12. The van der Waals surface area contributed by atoms with E-state index in [0.29, 0.717) is 29.6 Å². The van der Waals surface area contributed by atoms with Crippen LogP contribution in [0.15, 0.2) is 48.7 Å². The van der Waals surface area contributed by atoms with Gasteiger partial charge in [0, 0.05) is 41.3 Å². The molecule has 0 spiro atoms. The molecule has 2 aromatic carbocycles. The summed E-state index contributed by atoms with van der Waals surface area (Å²) in [4.78, 5) is 18.4.